The number of carbonyl (C=O) groups is 1. The maximum absolute atomic E-state index is 12.0. The number of aromatic nitrogens is 1. The molecule has 6 heteroatoms. The summed E-state index contributed by atoms with van der Waals surface area (Å²) in [5.74, 6) is 1.27. The first kappa shape index (κ1) is 18.3. The van der Waals surface area contributed by atoms with Crippen LogP contribution in [0.15, 0.2) is 65.3 Å². The molecule has 1 aromatic heterocycles. The number of rotatable bonds is 7. The van der Waals surface area contributed by atoms with E-state index in [4.69, 9.17) is 18.6 Å². The summed E-state index contributed by atoms with van der Waals surface area (Å²) >= 11 is 0. The molecule has 3 aromatic rings. The minimum atomic E-state index is -0.489. The fourth-order valence-corrected chi connectivity index (χ4v) is 2.39. The van der Waals surface area contributed by atoms with Crippen LogP contribution in [0.25, 0.3) is 17.5 Å². The number of benzene rings is 2. The Balaban J connectivity index is 1.59. The second-order valence-corrected chi connectivity index (χ2v) is 5.56. The van der Waals surface area contributed by atoms with Crippen LogP contribution >= 0.6 is 0 Å². The van der Waals surface area contributed by atoms with Gasteiger partial charge in [0.2, 0.25) is 5.89 Å². The lowest BCUT2D eigenvalue weighted by Gasteiger charge is -2.07. The summed E-state index contributed by atoms with van der Waals surface area (Å²) in [4.78, 5) is 16.3. The lowest BCUT2D eigenvalue weighted by atomic mass is 10.2. The van der Waals surface area contributed by atoms with E-state index in [1.54, 1.807) is 38.5 Å². The molecule has 0 N–H and O–H groups in total. The third-order valence-corrected chi connectivity index (χ3v) is 3.77. The zero-order chi connectivity index (χ0) is 19.1. The Bertz CT molecular complexity index is 931. The molecular formula is C21H19NO5. The number of ether oxygens (including phenoxy) is 3. The van der Waals surface area contributed by atoms with Crippen LogP contribution in [0, 0.1) is 0 Å². The summed E-state index contributed by atoms with van der Waals surface area (Å²) in [5, 5.41) is 0. The molecule has 6 nitrogen and oxygen atoms in total. The summed E-state index contributed by atoms with van der Waals surface area (Å²) in [5.41, 5.74) is 2.14. The van der Waals surface area contributed by atoms with Crippen molar-refractivity contribution in [2.45, 2.75) is 6.61 Å². The van der Waals surface area contributed by atoms with Gasteiger partial charge in [-0.2, -0.15) is 0 Å². The molecule has 0 aliphatic heterocycles. The number of methoxy groups -OCH3 is 2. The molecule has 0 saturated carbocycles. The van der Waals surface area contributed by atoms with E-state index in [-0.39, 0.29) is 6.61 Å². The highest BCUT2D eigenvalue weighted by Gasteiger charge is 2.08. The molecule has 0 saturated heterocycles. The van der Waals surface area contributed by atoms with Crippen LogP contribution in [-0.4, -0.2) is 25.2 Å². The van der Waals surface area contributed by atoms with Gasteiger partial charge < -0.3 is 18.6 Å². The molecule has 0 aliphatic carbocycles. The second-order valence-electron chi connectivity index (χ2n) is 5.56. The Kier molecular flexibility index (Phi) is 5.89. The molecular weight excluding hydrogens is 346 g/mol. The van der Waals surface area contributed by atoms with Crippen molar-refractivity contribution in [2.75, 3.05) is 14.2 Å². The van der Waals surface area contributed by atoms with Gasteiger partial charge >= 0.3 is 5.97 Å². The molecule has 0 atom stereocenters. The van der Waals surface area contributed by atoms with Crippen LogP contribution in [0.4, 0.5) is 0 Å². The number of nitrogens with zero attached hydrogens (tertiary/aromatic N) is 1. The summed E-state index contributed by atoms with van der Waals surface area (Å²) in [6, 6.07) is 14.8. The predicted octanol–water partition coefficient (Wildman–Crippen LogP) is 4.12. The van der Waals surface area contributed by atoms with E-state index in [1.165, 1.54) is 12.3 Å². The highest BCUT2D eigenvalue weighted by molar-refractivity contribution is 5.87. The zero-order valence-corrected chi connectivity index (χ0v) is 15.0. The van der Waals surface area contributed by atoms with Crippen molar-refractivity contribution >= 4 is 12.0 Å². The fourth-order valence-electron chi connectivity index (χ4n) is 2.39. The highest BCUT2D eigenvalue weighted by Crippen LogP contribution is 2.25. The van der Waals surface area contributed by atoms with Crippen LogP contribution in [-0.2, 0) is 16.1 Å². The average Bonchev–Trinajstić information content (AvgIpc) is 3.20. The summed E-state index contributed by atoms with van der Waals surface area (Å²) in [7, 11) is 3.13. The Labute approximate surface area is 157 Å². The maximum Gasteiger partial charge on any atom is 0.331 e. The summed E-state index contributed by atoms with van der Waals surface area (Å²) in [6.45, 7) is 0.0270. The van der Waals surface area contributed by atoms with Gasteiger partial charge in [0.05, 0.1) is 14.2 Å². The second kappa shape index (κ2) is 8.71. The molecule has 27 heavy (non-hydrogen) atoms. The fraction of sp³-hybridized carbons (Fsp3) is 0.143. The standard InChI is InChI=1S/C21H19NO5/c1-24-18-10-8-15(19(12-18)25-2)9-11-20(23)26-13-17-14-27-21(22-17)16-6-4-3-5-7-16/h3-12,14H,13H2,1-2H3/b11-9+. The van der Waals surface area contributed by atoms with Crippen molar-refractivity contribution in [3.8, 4) is 23.0 Å². The average molecular weight is 365 g/mol. The van der Waals surface area contributed by atoms with Crippen LogP contribution in [0.2, 0.25) is 0 Å². The van der Waals surface area contributed by atoms with Crippen LogP contribution in [0.3, 0.4) is 0 Å². The zero-order valence-electron chi connectivity index (χ0n) is 15.0. The van der Waals surface area contributed by atoms with Gasteiger partial charge in [-0.1, -0.05) is 18.2 Å². The van der Waals surface area contributed by atoms with E-state index in [0.29, 0.717) is 23.1 Å². The maximum atomic E-state index is 12.0. The van der Waals surface area contributed by atoms with Gasteiger partial charge in [0.25, 0.3) is 0 Å². The number of hydrogen-bond acceptors (Lipinski definition) is 6. The molecule has 0 aliphatic rings. The summed E-state index contributed by atoms with van der Waals surface area (Å²) in [6.07, 6.45) is 4.44. The lowest BCUT2D eigenvalue weighted by Crippen LogP contribution is -2.01. The van der Waals surface area contributed by atoms with E-state index >= 15 is 0 Å². The van der Waals surface area contributed by atoms with Gasteiger partial charge in [-0.05, 0) is 30.3 Å². The first-order chi connectivity index (χ1) is 13.2. The van der Waals surface area contributed by atoms with Crippen molar-refractivity contribution < 1.29 is 23.4 Å². The molecule has 0 radical (unpaired) electrons. The SMILES string of the molecule is COc1ccc(/C=C/C(=O)OCc2coc(-c3ccccc3)n2)c(OC)c1. The predicted molar refractivity (Wildman–Crippen MR) is 100 cm³/mol. The van der Waals surface area contributed by atoms with Crippen LogP contribution in [0.1, 0.15) is 11.3 Å². The largest absolute Gasteiger partial charge is 0.497 e. The Morgan fingerprint density at radius 2 is 1.93 bits per heavy atom. The Morgan fingerprint density at radius 3 is 2.67 bits per heavy atom. The summed E-state index contributed by atoms with van der Waals surface area (Å²) < 4.78 is 21.1. The van der Waals surface area contributed by atoms with Gasteiger partial charge in [-0.25, -0.2) is 9.78 Å². The van der Waals surface area contributed by atoms with E-state index in [9.17, 15) is 4.79 Å². The minimum Gasteiger partial charge on any atom is -0.497 e. The van der Waals surface area contributed by atoms with Gasteiger partial charge in [-0.3, -0.25) is 0 Å². The van der Waals surface area contributed by atoms with Crippen LogP contribution in [0.5, 0.6) is 11.5 Å². The molecule has 0 unspecified atom stereocenters. The normalized spacial score (nSPS) is 10.7. The van der Waals surface area contributed by atoms with Gasteiger partial charge in [0, 0.05) is 23.3 Å². The monoisotopic (exact) mass is 365 g/mol. The van der Waals surface area contributed by atoms with Crippen molar-refractivity contribution in [2.24, 2.45) is 0 Å². The molecule has 2 aromatic carbocycles. The third-order valence-electron chi connectivity index (χ3n) is 3.77. The van der Waals surface area contributed by atoms with Crippen molar-refractivity contribution in [1.29, 1.82) is 0 Å². The number of oxazole rings is 1. The minimum absolute atomic E-state index is 0.0270. The van der Waals surface area contributed by atoms with Crippen molar-refractivity contribution in [3.05, 3.63) is 72.1 Å². The Morgan fingerprint density at radius 1 is 1.11 bits per heavy atom. The lowest BCUT2D eigenvalue weighted by molar-refractivity contribution is -0.139. The molecule has 138 valence electrons. The van der Waals surface area contributed by atoms with E-state index in [0.717, 1.165) is 11.1 Å². The smallest absolute Gasteiger partial charge is 0.331 e. The first-order valence-corrected chi connectivity index (χ1v) is 8.26. The van der Waals surface area contributed by atoms with Crippen molar-refractivity contribution in [1.82, 2.24) is 4.98 Å². The van der Waals surface area contributed by atoms with Gasteiger partial charge in [0.1, 0.15) is 30.1 Å². The molecule has 1 heterocycles. The van der Waals surface area contributed by atoms with Crippen LogP contribution < -0.4 is 9.47 Å². The van der Waals surface area contributed by atoms with E-state index in [1.807, 2.05) is 30.3 Å². The topological polar surface area (TPSA) is 70.8 Å². The number of esters is 1. The van der Waals surface area contributed by atoms with Crippen molar-refractivity contribution in [3.63, 3.8) is 0 Å². The molecule has 0 spiro atoms. The first-order valence-electron chi connectivity index (χ1n) is 8.26. The number of carbonyl (C=O) groups excluding carboxylic acids is 1. The molecule has 3 rings (SSSR count). The number of hydrogen-bond donors (Lipinski definition) is 0. The Hall–Kier alpha value is -3.54. The molecule has 0 fully saturated rings. The quantitative estimate of drug-likeness (QED) is 0.463. The molecule has 0 amide bonds. The van der Waals surface area contributed by atoms with Gasteiger partial charge in [0.15, 0.2) is 0 Å². The van der Waals surface area contributed by atoms with E-state index in [2.05, 4.69) is 4.98 Å². The van der Waals surface area contributed by atoms with Gasteiger partial charge in [-0.15, -0.1) is 0 Å². The molecule has 0 bridgehead atoms. The third kappa shape index (κ3) is 4.76. The highest BCUT2D eigenvalue weighted by atomic mass is 16.5. The van der Waals surface area contributed by atoms with E-state index < -0.39 is 5.97 Å².